The summed E-state index contributed by atoms with van der Waals surface area (Å²) in [6.45, 7) is 11.6. The van der Waals surface area contributed by atoms with Gasteiger partial charge in [0, 0.05) is 18.8 Å². The first-order valence-electron chi connectivity index (χ1n) is 17.8. The Morgan fingerprint density at radius 1 is 0.925 bits per heavy atom. The number of methoxy groups -OCH3 is 2. The van der Waals surface area contributed by atoms with Crippen LogP contribution in [0, 0.1) is 0 Å². The van der Waals surface area contributed by atoms with Crippen molar-refractivity contribution in [2.45, 2.75) is 71.5 Å². The van der Waals surface area contributed by atoms with E-state index in [0.29, 0.717) is 41.3 Å². The van der Waals surface area contributed by atoms with Gasteiger partial charge in [-0.2, -0.15) is 10.1 Å². The molecule has 0 radical (unpaired) electrons. The largest absolute Gasteiger partial charge is 0.495 e. The van der Waals surface area contributed by atoms with E-state index in [1.165, 1.54) is 30.8 Å². The molecule has 14 heteroatoms. The number of hydrogen-bond donors (Lipinski definition) is 2. The van der Waals surface area contributed by atoms with Crippen molar-refractivity contribution in [2.75, 3.05) is 38.1 Å². The van der Waals surface area contributed by atoms with E-state index in [1.54, 1.807) is 23.9 Å². The average Bonchev–Trinajstić information content (AvgIpc) is 3.56. The minimum atomic E-state index is -2.75. The van der Waals surface area contributed by atoms with E-state index in [1.807, 2.05) is 12.1 Å². The molecule has 0 saturated carbocycles. The van der Waals surface area contributed by atoms with E-state index in [-0.39, 0.29) is 35.7 Å². The lowest BCUT2D eigenvalue weighted by atomic mass is 10.1. The van der Waals surface area contributed by atoms with Crippen molar-refractivity contribution in [2.24, 2.45) is 0 Å². The van der Waals surface area contributed by atoms with Crippen LogP contribution in [-0.2, 0) is 20.4 Å². The third kappa shape index (κ3) is 8.83. The Kier molecular flexibility index (Phi) is 12.8. The molecule has 0 aliphatic rings. The minimum Gasteiger partial charge on any atom is -0.495 e. The van der Waals surface area contributed by atoms with E-state index in [4.69, 9.17) is 23.6 Å². The summed E-state index contributed by atoms with van der Waals surface area (Å²) in [4.78, 5) is 38.4. The average molecular weight is 740 g/mol. The first kappa shape index (κ1) is 38.9. The summed E-state index contributed by atoms with van der Waals surface area (Å²) < 4.78 is 24.5. The SMILES string of the molecule is CCCC(CCO[Si](c1ccccc1)(c1ccccc1)C(C)(C)C)Nc1nc(NC(=O)OC)nc2cnn(Cc3ncc(C(=O)OCC)cc3OC)c12. The quantitative estimate of drug-likeness (QED) is 0.0882. The molecule has 0 aliphatic carbocycles. The van der Waals surface area contributed by atoms with Gasteiger partial charge in [0.1, 0.15) is 22.5 Å². The molecule has 280 valence electrons. The molecule has 1 unspecified atom stereocenters. The molecule has 0 spiro atoms. The molecular formula is C39H49N7O6Si. The zero-order valence-corrected chi connectivity index (χ0v) is 32.5. The van der Waals surface area contributed by atoms with Crippen LogP contribution in [0.15, 0.2) is 79.1 Å². The molecule has 3 aromatic heterocycles. The molecule has 2 aromatic carbocycles. The molecule has 0 aliphatic heterocycles. The fourth-order valence-corrected chi connectivity index (χ4v) is 11.2. The van der Waals surface area contributed by atoms with Crippen LogP contribution in [0.2, 0.25) is 5.04 Å². The van der Waals surface area contributed by atoms with Crippen LogP contribution in [0.1, 0.15) is 69.9 Å². The molecule has 5 rings (SSSR count). The Hall–Kier alpha value is -5.34. The first-order chi connectivity index (χ1) is 25.5. The number of ether oxygens (including phenoxy) is 3. The molecule has 1 atom stereocenters. The predicted octanol–water partition coefficient (Wildman–Crippen LogP) is 6.18. The number of rotatable bonds is 16. The van der Waals surface area contributed by atoms with Crippen molar-refractivity contribution < 1.29 is 28.2 Å². The molecule has 1 amide bonds. The Morgan fingerprint density at radius 3 is 2.19 bits per heavy atom. The number of esters is 1. The number of hydrogen-bond acceptors (Lipinski definition) is 11. The van der Waals surface area contributed by atoms with E-state index < -0.39 is 20.4 Å². The number of nitrogens with zero attached hydrogens (tertiary/aromatic N) is 5. The summed E-state index contributed by atoms with van der Waals surface area (Å²) in [6.07, 6.45) is 4.79. The smallest absolute Gasteiger partial charge is 0.413 e. The van der Waals surface area contributed by atoms with E-state index >= 15 is 0 Å². The maximum absolute atomic E-state index is 12.4. The number of aromatic nitrogens is 5. The van der Waals surface area contributed by atoms with Gasteiger partial charge in [-0.25, -0.2) is 14.6 Å². The third-order valence-electron chi connectivity index (χ3n) is 9.03. The second kappa shape index (κ2) is 17.4. The number of carbonyl (C=O) groups is 2. The van der Waals surface area contributed by atoms with Crippen LogP contribution in [0.5, 0.6) is 5.75 Å². The van der Waals surface area contributed by atoms with Crippen LogP contribution in [0.25, 0.3) is 11.0 Å². The highest BCUT2D eigenvalue weighted by atomic mass is 28.4. The molecular weight excluding hydrogens is 691 g/mol. The first-order valence-corrected chi connectivity index (χ1v) is 19.8. The summed E-state index contributed by atoms with van der Waals surface area (Å²) in [5.74, 6) is 0.466. The van der Waals surface area contributed by atoms with Crippen LogP contribution in [0.3, 0.4) is 0 Å². The summed E-state index contributed by atoms with van der Waals surface area (Å²) in [5, 5.41) is 13.2. The highest BCUT2D eigenvalue weighted by Crippen LogP contribution is 2.37. The van der Waals surface area contributed by atoms with Gasteiger partial charge >= 0.3 is 12.1 Å². The Bertz CT molecular complexity index is 1950. The van der Waals surface area contributed by atoms with Crippen LogP contribution < -0.4 is 25.7 Å². The number of benzene rings is 2. The van der Waals surface area contributed by atoms with E-state index in [2.05, 4.69) is 102 Å². The van der Waals surface area contributed by atoms with Crippen molar-refractivity contribution >= 4 is 53.6 Å². The zero-order valence-electron chi connectivity index (χ0n) is 31.5. The van der Waals surface area contributed by atoms with Gasteiger partial charge in [0.05, 0.1) is 39.1 Å². The maximum Gasteiger partial charge on any atom is 0.413 e. The normalized spacial score (nSPS) is 12.3. The van der Waals surface area contributed by atoms with Crippen molar-refractivity contribution in [3.05, 3.63) is 90.4 Å². The highest BCUT2D eigenvalue weighted by Gasteiger charge is 2.50. The summed E-state index contributed by atoms with van der Waals surface area (Å²) >= 11 is 0. The van der Waals surface area contributed by atoms with E-state index in [0.717, 1.165) is 12.8 Å². The number of nitrogens with one attached hydrogen (secondary N) is 2. The molecule has 2 N–H and O–H groups in total. The fourth-order valence-electron chi connectivity index (χ4n) is 6.60. The van der Waals surface area contributed by atoms with Gasteiger partial charge in [0.2, 0.25) is 5.95 Å². The molecule has 53 heavy (non-hydrogen) atoms. The van der Waals surface area contributed by atoms with Crippen molar-refractivity contribution in [3.63, 3.8) is 0 Å². The van der Waals surface area contributed by atoms with Crippen LogP contribution >= 0.6 is 0 Å². The van der Waals surface area contributed by atoms with Crippen LogP contribution in [0.4, 0.5) is 16.6 Å². The van der Waals surface area contributed by atoms with Gasteiger partial charge in [-0.15, -0.1) is 0 Å². The van der Waals surface area contributed by atoms with Crippen molar-refractivity contribution in [1.82, 2.24) is 24.7 Å². The Morgan fingerprint density at radius 2 is 1.60 bits per heavy atom. The van der Waals surface area contributed by atoms with Crippen molar-refractivity contribution in [3.8, 4) is 5.75 Å². The minimum absolute atomic E-state index is 0.0536. The van der Waals surface area contributed by atoms with Gasteiger partial charge in [0.25, 0.3) is 8.32 Å². The summed E-state index contributed by atoms with van der Waals surface area (Å²) in [6, 6.07) is 22.7. The number of fused-ring (bicyclic) bond motifs is 1. The van der Waals surface area contributed by atoms with Gasteiger partial charge in [-0.3, -0.25) is 15.0 Å². The molecule has 0 bridgehead atoms. The second-order valence-corrected chi connectivity index (χ2v) is 17.9. The molecule has 0 fully saturated rings. The second-order valence-electron chi connectivity index (χ2n) is 13.6. The number of carbonyl (C=O) groups excluding carboxylic acids is 2. The topological polar surface area (TPSA) is 152 Å². The predicted molar refractivity (Wildman–Crippen MR) is 208 cm³/mol. The van der Waals surface area contributed by atoms with Gasteiger partial charge in [-0.1, -0.05) is 94.8 Å². The molecule has 5 aromatic rings. The lowest BCUT2D eigenvalue weighted by Gasteiger charge is -2.43. The highest BCUT2D eigenvalue weighted by molar-refractivity contribution is 6.99. The van der Waals surface area contributed by atoms with Crippen LogP contribution in [-0.4, -0.2) is 78.6 Å². The maximum atomic E-state index is 12.4. The van der Waals surface area contributed by atoms with Gasteiger partial charge in [-0.05, 0) is 41.2 Å². The summed E-state index contributed by atoms with van der Waals surface area (Å²) in [7, 11) is 0.0454. The number of amides is 1. The van der Waals surface area contributed by atoms with Gasteiger partial charge in [0.15, 0.2) is 5.82 Å². The van der Waals surface area contributed by atoms with Gasteiger partial charge < -0.3 is 24.0 Å². The standard InChI is InChI=1S/C39H49N7O6Si/c1-8-16-28(21-22-52-53(39(3,4)5,29-17-12-10-13-18-29)30-19-14-11-15-20-30)42-35-34-31(43-37(44-35)45-38(48)50-7)25-41-46(34)26-32-33(49-6)23-27(24-40-32)36(47)51-9-2/h10-15,17-20,23-25,28H,8-9,16,21-22,26H2,1-7H3,(H2,42,43,44,45,48). The van der Waals surface area contributed by atoms with Crippen molar-refractivity contribution in [1.29, 1.82) is 0 Å². The molecule has 3 heterocycles. The molecule has 13 nitrogen and oxygen atoms in total. The number of anilines is 2. The summed E-state index contributed by atoms with van der Waals surface area (Å²) in [5.41, 5.74) is 1.92. The lowest BCUT2D eigenvalue weighted by molar-refractivity contribution is 0.0525. The third-order valence-corrected chi connectivity index (χ3v) is 14.1. The zero-order chi connectivity index (χ0) is 38.0. The monoisotopic (exact) mass is 739 g/mol. The molecule has 0 saturated heterocycles. The fraction of sp³-hybridized carbons (Fsp3) is 0.385. The Labute approximate surface area is 311 Å². The lowest BCUT2D eigenvalue weighted by Crippen LogP contribution is -2.66. The Balaban J connectivity index is 1.49. The van der Waals surface area contributed by atoms with E-state index in [9.17, 15) is 9.59 Å². The number of pyridine rings is 1.